The summed E-state index contributed by atoms with van der Waals surface area (Å²) in [6, 6.07) is 1.19. The van der Waals surface area contributed by atoms with Crippen LogP contribution < -0.4 is 10.6 Å². The summed E-state index contributed by atoms with van der Waals surface area (Å²) in [6.45, 7) is 11.9. The van der Waals surface area contributed by atoms with Gasteiger partial charge in [0.1, 0.15) is 5.60 Å². The van der Waals surface area contributed by atoms with E-state index >= 15 is 0 Å². The van der Waals surface area contributed by atoms with Gasteiger partial charge in [0.05, 0.1) is 13.2 Å². The Morgan fingerprint density at radius 2 is 2.27 bits per heavy atom. The van der Waals surface area contributed by atoms with E-state index in [4.69, 9.17) is 9.47 Å². The van der Waals surface area contributed by atoms with Crippen molar-refractivity contribution >= 4 is 6.09 Å². The van der Waals surface area contributed by atoms with Gasteiger partial charge in [0, 0.05) is 37.8 Å². The van der Waals surface area contributed by atoms with E-state index in [1.165, 1.54) is 0 Å². The number of nitrogens with one attached hydrogen (secondary N) is 2. The molecular formula is C16H31N3O3. The summed E-state index contributed by atoms with van der Waals surface area (Å²) >= 11 is 0. The van der Waals surface area contributed by atoms with Crippen LogP contribution >= 0.6 is 0 Å². The van der Waals surface area contributed by atoms with Crippen molar-refractivity contribution in [2.45, 2.75) is 64.3 Å². The number of carbonyl (C=O) groups excluding carboxylic acids is 1. The van der Waals surface area contributed by atoms with Gasteiger partial charge in [-0.05, 0) is 40.5 Å². The summed E-state index contributed by atoms with van der Waals surface area (Å²) in [5.41, 5.74) is -0.428. The second-order valence-electron chi connectivity index (χ2n) is 7.44. The molecule has 0 spiro atoms. The van der Waals surface area contributed by atoms with Gasteiger partial charge >= 0.3 is 6.09 Å². The Balaban J connectivity index is 1.70. The van der Waals surface area contributed by atoms with E-state index in [9.17, 15) is 4.79 Å². The SMILES string of the molecule is CC(CC1COCCN1)NC1CCN(C(=O)OC(C)(C)C)C1. The van der Waals surface area contributed by atoms with Crippen molar-refractivity contribution in [2.75, 3.05) is 32.8 Å². The van der Waals surface area contributed by atoms with Crippen molar-refractivity contribution in [2.24, 2.45) is 0 Å². The van der Waals surface area contributed by atoms with Gasteiger partial charge in [0.15, 0.2) is 0 Å². The molecule has 3 atom stereocenters. The first-order valence-electron chi connectivity index (χ1n) is 8.38. The molecule has 2 heterocycles. The second-order valence-corrected chi connectivity index (χ2v) is 7.44. The minimum Gasteiger partial charge on any atom is -0.444 e. The Bertz CT molecular complexity index is 364. The highest BCUT2D eigenvalue weighted by Crippen LogP contribution is 2.16. The number of ether oxygens (including phenoxy) is 2. The zero-order valence-electron chi connectivity index (χ0n) is 14.4. The predicted octanol–water partition coefficient (Wildman–Crippen LogP) is 1.35. The molecule has 0 aromatic carbocycles. The van der Waals surface area contributed by atoms with Gasteiger partial charge < -0.3 is 25.0 Å². The van der Waals surface area contributed by atoms with Crippen LogP contribution in [0.5, 0.6) is 0 Å². The predicted molar refractivity (Wildman–Crippen MR) is 86.0 cm³/mol. The summed E-state index contributed by atoms with van der Waals surface area (Å²) in [5.74, 6) is 0. The fourth-order valence-electron chi connectivity index (χ4n) is 3.06. The maximum Gasteiger partial charge on any atom is 0.410 e. The number of morpholine rings is 1. The molecule has 2 saturated heterocycles. The number of likely N-dealkylation sites (tertiary alicyclic amines) is 1. The molecule has 0 aromatic heterocycles. The van der Waals surface area contributed by atoms with Crippen LogP contribution in [0.25, 0.3) is 0 Å². The minimum atomic E-state index is -0.428. The maximum atomic E-state index is 12.1. The zero-order valence-corrected chi connectivity index (χ0v) is 14.4. The van der Waals surface area contributed by atoms with Gasteiger partial charge in [-0.25, -0.2) is 4.79 Å². The van der Waals surface area contributed by atoms with Crippen LogP contribution in [-0.2, 0) is 9.47 Å². The molecule has 6 heteroatoms. The van der Waals surface area contributed by atoms with Crippen LogP contribution in [-0.4, -0.2) is 67.6 Å². The van der Waals surface area contributed by atoms with Gasteiger partial charge in [-0.15, -0.1) is 0 Å². The molecule has 3 unspecified atom stereocenters. The number of nitrogens with zero attached hydrogens (tertiary/aromatic N) is 1. The molecule has 0 saturated carbocycles. The van der Waals surface area contributed by atoms with Gasteiger partial charge in [-0.2, -0.15) is 0 Å². The molecule has 1 amide bonds. The lowest BCUT2D eigenvalue weighted by atomic mass is 10.1. The van der Waals surface area contributed by atoms with Gasteiger partial charge in [-0.1, -0.05) is 0 Å². The number of hydrogen-bond acceptors (Lipinski definition) is 5. The highest BCUT2D eigenvalue weighted by Gasteiger charge is 2.30. The fourth-order valence-corrected chi connectivity index (χ4v) is 3.06. The lowest BCUT2D eigenvalue weighted by Gasteiger charge is -2.28. The van der Waals surface area contributed by atoms with E-state index in [1.807, 2.05) is 20.8 Å². The number of hydrogen-bond donors (Lipinski definition) is 2. The normalized spacial score (nSPS) is 27.7. The van der Waals surface area contributed by atoms with Crippen molar-refractivity contribution < 1.29 is 14.3 Å². The molecule has 22 heavy (non-hydrogen) atoms. The van der Waals surface area contributed by atoms with Crippen LogP contribution in [0.2, 0.25) is 0 Å². The smallest absolute Gasteiger partial charge is 0.410 e. The second kappa shape index (κ2) is 7.62. The molecule has 128 valence electrons. The largest absolute Gasteiger partial charge is 0.444 e. The summed E-state index contributed by atoms with van der Waals surface area (Å²) in [6.07, 6.45) is 1.83. The number of carbonyl (C=O) groups is 1. The first-order valence-corrected chi connectivity index (χ1v) is 8.38. The highest BCUT2D eigenvalue weighted by atomic mass is 16.6. The molecule has 0 radical (unpaired) electrons. The third kappa shape index (κ3) is 5.74. The number of amides is 1. The first kappa shape index (κ1) is 17.5. The average Bonchev–Trinajstić information content (AvgIpc) is 2.86. The maximum absolute atomic E-state index is 12.1. The molecule has 0 bridgehead atoms. The van der Waals surface area contributed by atoms with E-state index in [2.05, 4.69) is 17.6 Å². The molecule has 0 aliphatic carbocycles. The van der Waals surface area contributed by atoms with Gasteiger partial charge in [-0.3, -0.25) is 0 Å². The third-order valence-corrected chi connectivity index (χ3v) is 4.00. The van der Waals surface area contributed by atoms with E-state index < -0.39 is 5.60 Å². The Hall–Kier alpha value is -0.850. The fraction of sp³-hybridized carbons (Fsp3) is 0.938. The van der Waals surface area contributed by atoms with Crippen molar-refractivity contribution in [1.82, 2.24) is 15.5 Å². The van der Waals surface area contributed by atoms with E-state index in [-0.39, 0.29) is 6.09 Å². The minimum absolute atomic E-state index is 0.202. The summed E-state index contributed by atoms with van der Waals surface area (Å²) in [4.78, 5) is 13.9. The average molecular weight is 313 g/mol. The molecule has 6 nitrogen and oxygen atoms in total. The van der Waals surface area contributed by atoms with E-state index in [1.54, 1.807) is 4.90 Å². The zero-order chi connectivity index (χ0) is 16.2. The molecule has 2 N–H and O–H groups in total. The van der Waals surface area contributed by atoms with Crippen molar-refractivity contribution in [1.29, 1.82) is 0 Å². The third-order valence-electron chi connectivity index (χ3n) is 4.00. The first-order chi connectivity index (χ1) is 10.3. The lowest BCUT2D eigenvalue weighted by Crippen LogP contribution is -2.47. The number of rotatable bonds is 4. The van der Waals surface area contributed by atoms with Crippen LogP contribution in [0.15, 0.2) is 0 Å². The molecule has 0 aromatic rings. The molecular weight excluding hydrogens is 282 g/mol. The van der Waals surface area contributed by atoms with Crippen LogP contribution in [0.3, 0.4) is 0 Å². The van der Waals surface area contributed by atoms with Crippen LogP contribution in [0.4, 0.5) is 4.79 Å². The Morgan fingerprint density at radius 3 is 2.91 bits per heavy atom. The summed E-state index contributed by atoms with van der Waals surface area (Å²) in [7, 11) is 0. The summed E-state index contributed by atoms with van der Waals surface area (Å²) < 4.78 is 10.9. The Kier molecular flexibility index (Phi) is 6.06. The van der Waals surface area contributed by atoms with Crippen LogP contribution in [0, 0.1) is 0 Å². The quantitative estimate of drug-likeness (QED) is 0.820. The standard InChI is InChI=1S/C16H31N3O3/c1-12(9-14-11-21-8-6-17-14)18-13-5-7-19(10-13)15(20)22-16(2,3)4/h12-14,17-18H,5-11H2,1-4H3. The van der Waals surface area contributed by atoms with E-state index in [0.717, 1.165) is 45.7 Å². The van der Waals surface area contributed by atoms with E-state index in [0.29, 0.717) is 18.1 Å². The Morgan fingerprint density at radius 1 is 1.50 bits per heavy atom. The van der Waals surface area contributed by atoms with Gasteiger partial charge in [0.2, 0.25) is 0 Å². The topological polar surface area (TPSA) is 62.8 Å². The van der Waals surface area contributed by atoms with Crippen molar-refractivity contribution in [3.63, 3.8) is 0 Å². The molecule has 2 fully saturated rings. The van der Waals surface area contributed by atoms with Crippen molar-refractivity contribution in [3.05, 3.63) is 0 Å². The molecule has 2 aliphatic rings. The van der Waals surface area contributed by atoms with Crippen molar-refractivity contribution in [3.8, 4) is 0 Å². The molecule has 2 aliphatic heterocycles. The van der Waals surface area contributed by atoms with Gasteiger partial charge in [0.25, 0.3) is 0 Å². The Labute approximate surface area is 133 Å². The van der Waals surface area contributed by atoms with Crippen LogP contribution in [0.1, 0.15) is 40.5 Å². The lowest BCUT2D eigenvalue weighted by molar-refractivity contribution is 0.0290. The summed E-state index contributed by atoms with van der Waals surface area (Å²) in [5, 5.41) is 7.11. The molecule has 2 rings (SSSR count). The highest BCUT2D eigenvalue weighted by molar-refractivity contribution is 5.68. The monoisotopic (exact) mass is 313 g/mol.